The van der Waals surface area contributed by atoms with E-state index < -0.39 is 0 Å². The quantitative estimate of drug-likeness (QED) is 0.408. The van der Waals surface area contributed by atoms with E-state index in [4.69, 9.17) is 13.9 Å². The summed E-state index contributed by atoms with van der Waals surface area (Å²) in [5, 5.41) is 12.0. The SMILES string of the molecule is CC1C(C)C(C)C(C)C1C.Cl.OO.[O]=[Mo]. The molecule has 0 saturated heterocycles. The van der Waals surface area contributed by atoms with Crippen molar-refractivity contribution in [1.29, 1.82) is 0 Å². The van der Waals surface area contributed by atoms with Crippen molar-refractivity contribution in [2.24, 2.45) is 29.6 Å². The van der Waals surface area contributed by atoms with Crippen LogP contribution in [0.25, 0.3) is 0 Å². The van der Waals surface area contributed by atoms with Gasteiger partial charge < -0.3 is 0 Å². The third kappa shape index (κ3) is 5.53. The molecule has 0 amide bonds. The van der Waals surface area contributed by atoms with Crippen molar-refractivity contribution in [2.75, 3.05) is 0 Å². The van der Waals surface area contributed by atoms with Gasteiger partial charge in [-0.2, -0.15) is 0 Å². The molecule has 0 spiro atoms. The molecule has 0 atom stereocenters. The normalized spacial score (nSPS) is 37.7. The van der Waals surface area contributed by atoms with Crippen LogP contribution in [0.5, 0.6) is 0 Å². The summed E-state index contributed by atoms with van der Waals surface area (Å²) in [6.07, 6.45) is 0. The van der Waals surface area contributed by atoms with Crippen LogP contribution in [0.15, 0.2) is 0 Å². The number of rotatable bonds is 0. The van der Waals surface area contributed by atoms with Gasteiger partial charge in [-0.15, -0.1) is 12.4 Å². The molecule has 1 aliphatic rings. The zero-order valence-corrected chi connectivity index (χ0v) is 12.8. The molecule has 15 heavy (non-hydrogen) atoms. The van der Waals surface area contributed by atoms with Crippen molar-refractivity contribution in [2.45, 2.75) is 34.6 Å². The van der Waals surface area contributed by atoms with Gasteiger partial charge >= 0.3 is 23.2 Å². The zero-order valence-electron chi connectivity index (χ0n) is 10.0. The average Bonchev–Trinajstić information content (AvgIpc) is 2.42. The molecule has 1 saturated carbocycles. The Hall–Kier alpha value is 0.698. The summed E-state index contributed by atoms with van der Waals surface area (Å²) in [6, 6.07) is 0. The topological polar surface area (TPSA) is 57.5 Å². The van der Waals surface area contributed by atoms with E-state index in [0.29, 0.717) is 19.8 Å². The third-order valence-corrected chi connectivity index (χ3v) is 4.15. The fraction of sp³-hybridized carbons (Fsp3) is 1.00. The molecule has 0 unspecified atom stereocenters. The minimum atomic E-state index is 0. The van der Waals surface area contributed by atoms with Crippen LogP contribution >= 0.6 is 12.4 Å². The van der Waals surface area contributed by atoms with E-state index in [9.17, 15) is 0 Å². The first-order valence-electron chi connectivity index (χ1n) is 4.92. The van der Waals surface area contributed by atoms with Crippen molar-refractivity contribution in [3.05, 3.63) is 0 Å². The van der Waals surface area contributed by atoms with Gasteiger partial charge in [0.25, 0.3) is 0 Å². The molecule has 0 aliphatic heterocycles. The van der Waals surface area contributed by atoms with Crippen LogP contribution in [0, 0.1) is 29.6 Å². The van der Waals surface area contributed by atoms with E-state index in [-0.39, 0.29) is 12.4 Å². The van der Waals surface area contributed by atoms with E-state index in [0.717, 1.165) is 29.6 Å². The Morgan fingerprint density at radius 2 is 0.733 bits per heavy atom. The summed E-state index contributed by atoms with van der Waals surface area (Å²) >= 11 is 0.700. The minimum absolute atomic E-state index is 0. The first-order valence-corrected chi connectivity index (χ1v) is 5.74. The van der Waals surface area contributed by atoms with Gasteiger partial charge in [0.05, 0.1) is 0 Å². The fourth-order valence-corrected chi connectivity index (χ4v) is 2.39. The van der Waals surface area contributed by atoms with E-state index >= 15 is 0 Å². The molecule has 2 N–H and O–H groups in total. The molecular formula is C10H23ClMoO3. The Morgan fingerprint density at radius 3 is 0.800 bits per heavy atom. The van der Waals surface area contributed by atoms with E-state index in [2.05, 4.69) is 34.6 Å². The van der Waals surface area contributed by atoms with Crippen LogP contribution in [0.4, 0.5) is 0 Å². The molecule has 0 bridgehead atoms. The summed E-state index contributed by atoms with van der Waals surface area (Å²) in [5.74, 6) is 4.68. The summed E-state index contributed by atoms with van der Waals surface area (Å²) in [6.45, 7) is 12.0. The fourth-order valence-electron chi connectivity index (χ4n) is 2.39. The summed E-state index contributed by atoms with van der Waals surface area (Å²) in [7, 11) is 0. The van der Waals surface area contributed by atoms with Crippen molar-refractivity contribution < 1.29 is 33.7 Å². The zero-order chi connectivity index (χ0) is 11.9. The first kappa shape index (κ1) is 21.0. The van der Waals surface area contributed by atoms with E-state index in [1.165, 1.54) is 0 Å². The Kier molecular flexibility index (Phi) is 15.7. The Labute approximate surface area is 110 Å². The van der Waals surface area contributed by atoms with Crippen LogP contribution in [0.3, 0.4) is 0 Å². The van der Waals surface area contributed by atoms with Gasteiger partial charge in [-0.1, -0.05) is 34.6 Å². The van der Waals surface area contributed by atoms with Crippen LogP contribution in [0.2, 0.25) is 0 Å². The standard InChI is InChI=1S/C10H20.ClH.Mo.H2O2.O/c1-6-7(2)9(4)10(5)8(6)3;;;1-2;/h6-10H,1-5H3;1H;;1-2H;. The summed E-state index contributed by atoms with van der Waals surface area (Å²) < 4.78 is 8.26. The molecule has 0 heterocycles. The Balaban J connectivity index is -0.000000258. The van der Waals surface area contributed by atoms with Crippen molar-refractivity contribution in [3.8, 4) is 0 Å². The number of hydrogen-bond acceptors (Lipinski definition) is 3. The molecule has 0 aromatic rings. The molecule has 3 nitrogen and oxygen atoms in total. The number of hydrogen-bond donors (Lipinski definition) is 2. The molecule has 0 aromatic carbocycles. The van der Waals surface area contributed by atoms with Gasteiger partial charge in [0.15, 0.2) is 0 Å². The average molecular weight is 323 g/mol. The molecule has 0 aromatic heterocycles. The molecule has 5 heteroatoms. The first-order chi connectivity index (χ1) is 6.55. The van der Waals surface area contributed by atoms with Crippen LogP contribution in [0.1, 0.15) is 34.6 Å². The van der Waals surface area contributed by atoms with Crippen molar-refractivity contribution in [1.82, 2.24) is 0 Å². The molecule has 1 fully saturated rings. The van der Waals surface area contributed by atoms with Crippen LogP contribution < -0.4 is 0 Å². The van der Waals surface area contributed by atoms with Gasteiger partial charge in [0.1, 0.15) is 0 Å². The Bertz CT molecular complexity index is 104. The molecular weight excluding hydrogens is 300 g/mol. The maximum absolute atomic E-state index is 8.26. The van der Waals surface area contributed by atoms with Gasteiger partial charge in [-0.25, -0.2) is 0 Å². The van der Waals surface area contributed by atoms with Gasteiger partial charge in [-0.3, -0.25) is 10.5 Å². The Morgan fingerprint density at radius 1 is 0.667 bits per heavy atom. The molecule has 1 rings (SSSR count). The summed E-state index contributed by atoms with van der Waals surface area (Å²) in [4.78, 5) is 0. The van der Waals surface area contributed by atoms with Gasteiger partial charge in [0.2, 0.25) is 0 Å². The predicted molar refractivity (Wildman–Crippen MR) is 59.0 cm³/mol. The molecule has 94 valence electrons. The second-order valence-electron chi connectivity index (χ2n) is 4.30. The van der Waals surface area contributed by atoms with Crippen LogP contribution in [-0.2, 0) is 23.2 Å². The van der Waals surface area contributed by atoms with Crippen molar-refractivity contribution >= 4 is 12.4 Å². The summed E-state index contributed by atoms with van der Waals surface area (Å²) in [5.41, 5.74) is 0. The number of halogens is 1. The second kappa shape index (κ2) is 11.2. The predicted octanol–water partition coefficient (Wildman–Crippen LogP) is 3.50. The maximum atomic E-state index is 8.26. The van der Waals surface area contributed by atoms with Crippen molar-refractivity contribution in [3.63, 3.8) is 0 Å². The second-order valence-corrected chi connectivity index (χ2v) is 4.30. The van der Waals surface area contributed by atoms with Gasteiger partial charge in [-0.05, 0) is 29.6 Å². The molecule has 1 aliphatic carbocycles. The van der Waals surface area contributed by atoms with Crippen LogP contribution in [-0.4, -0.2) is 10.5 Å². The third-order valence-electron chi connectivity index (χ3n) is 4.15. The van der Waals surface area contributed by atoms with E-state index in [1.54, 1.807) is 0 Å². The monoisotopic (exact) mass is 324 g/mol. The van der Waals surface area contributed by atoms with Gasteiger partial charge in [0, 0.05) is 0 Å². The molecule has 0 radical (unpaired) electrons. The van der Waals surface area contributed by atoms with E-state index in [1.807, 2.05) is 0 Å².